The fraction of sp³-hybridized carbons (Fsp3) is 0.278. The lowest BCUT2D eigenvalue weighted by atomic mass is 10.1. The van der Waals surface area contributed by atoms with Gasteiger partial charge in [0.2, 0.25) is 0 Å². The minimum absolute atomic E-state index is 0.0274. The second-order valence-corrected chi connectivity index (χ2v) is 7.46. The second kappa shape index (κ2) is 8.53. The SMILES string of the molecule is CC(C)Nc1cccc(COc2c(Br)cc(CC(=O)O)cc2Br)c1. The Hall–Kier alpha value is -1.53. The van der Waals surface area contributed by atoms with Gasteiger partial charge in [0, 0.05) is 11.7 Å². The molecule has 0 aliphatic carbocycles. The summed E-state index contributed by atoms with van der Waals surface area (Å²) in [5.41, 5.74) is 2.81. The first kappa shape index (κ1) is 18.8. The Bertz CT molecular complexity index is 709. The molecule has 2 N–H and O–H groups in total. The molecule has 0 aromatic heterocycles. The smallest absolute Gasteiger partial charge is 0.307 e. The maximum atomic E-state index is 10.8. The Labute approximate surface area is 158 Å². The largest absolute Gasteiger partial charge is 0.487 e. The zero-order valence-corrected chi connectivity index (χ0v) is 16.6. The van der Waals surface area contributed by atoms with Crippen molar-refractivity contribution in [3.63, 3.8) is 0 Å². The third-order valence-corrected chi connectivity index (χ3v) is 4.36. The fourth-order valence-corrected chi connectivity index (χ4v) is 3.78. The first-order valence-electron chi connectivity index (χ1n) is 7.53. The molecule has 2 aromatic rings. The molecular formula is C18H19Br2NO3. The predicted molar refractivity (Wildman–Crippen MR) is 103 cm³/mol. The number of benzene rings is 2. The van der Waals surface area contributed by atoms with Gasteiger partial charge in [-0.15, -0.1) is 0 Å². The van der Waals surface area contributed by atoms with Crippen LogP contribution in [0, 0.1) is 0 Å². The van der Waals surface area contributed by atoms with Crippen molar-refractivity contribution in [1.82, 2.24) is 0 Å². The molecule has 0 aliphatic heterocycles. The summed E-state index contributed by atoms with van der Waals surface area (Å²) in [5.74, 6) is -0.205. The molecule has 0 unspecified atom stereocenters. The molecule has 0 atom stereocenters. The highest BCUT2D eigenvalue weighted by molar-refractivity contribution is 9.11. The van der Waals surface area contributed by atoms with Crippen molar-refractivity contribution >= 4 is 43.5 Å². The van der Waals surface area contributed by atoms with Gasteiger partial charge >= 0.3 is 5.97 Å². The fourth-order valence-electron chi connectivity index (χ4n) is 2.27. The van der Waals surface area contributed by atoms with Crippen molar-refractivity contribution in [2.24, 2.45) is 0 Å². The minimum Gasteiger partial charge on any atom is -0.487 e. The number of hydrogen-bond acceptors (Lipinski definition) is 3. The number of aliphatic carboxylic acids is 1. The zero-order valence-electron chi connectivity index (χ0n) is 13.5. The maximum Gasteiger partial charge on any atom is 0.307 e. The Balaban J connectivity index is 2.10. The number of rotatable bonds is 7. The average molecular weight is 457 g/mol. The summed E-state index contributed by atoms with van der Waals surface area (Å²) in [6.07, 6.45) is -0.0274. The Morgan fingerprint density at radius 2 is 1.83 bits per heavy atom. The van der Waals surface area contributed by atoms with Gasteiger partial charge in [0.25, 0.3) is 0 Å². The zero-order chi connectivity index (χ0) is 17.7. The van der Waals surface area contributed by atoms with Crippen LogP contribution in [0.4, 0.5) is 5.69 Å². The van der Waals surface area contributed by atoms with Crippen molar-refractivity contribution in [2.45, 2.75) is 32.9 Å². The van der Waals surface area contributed by atoms with Gasteiger partial charge in [-0.3, -0.25) is 4.79 Å². The van der Waals surface area contributed by atoms with Crippen LogP contribution in [0.25, 0.3) is 0 Å². The van der Waals surface area contributed by atoms with Gasteiger partial charge in [-0.05, 0) is 81.1 Å². The molecule has 2 rings (SSSR count). The van der Waals surface area contributed by atoms with Crippen molar-refractivity contribution < 1.29 is 14.6 Å². The Morgan fingerprint density at radius 3 is 2.42 bits per heavy atom. The third-order valence-electron chi connectivity index (χ3n) is 3.18. The van der Waals surface area contributed by atoms with Gasteiger partial charge in [-0.25, -0.2) is 0 Å². The van der Waals surface area contributed by atoms with E-state index in [0.29, 0.717) is 24.0 Å². The molecule has 0 bridgehead atoms. The summed E-state index contributed by atoms with van der Waals surface area (Å²) in [6.45, 7) is 4.61. The molecule has 0 fully saturated rings. The predicted octanol–water partition coefficient (Wildman–Crippen LogP) is 5.24. The van der Waals surface area contributed by atoms with E-state index < -0.39 is 5.97 Å². The number of halogens is 2. The molecule has 2 aromatic carbocycles. The number of carboxylic acid groups (broad SMARTS) is 1. The number of hydrogen-bond donors (Lipinski definition) is 2. The van der Waals surface area contributed by atoms with Gasteiger partial charge < -0.3 is 15.2 Å². The highest BCUT2D eigenvalue weighted by Crippen LogP contribution is 2.35. The lowest BCUT2D eigenvalue weighted by Gasteiger charge is -2.14. The van der Waals surface area contributed by atoms with E-state index in [-0.39, 0.29) is 6.42 Å². The summed E-state index contributed by atoms with van der Waals surface area (Å²) >= 11 is 6.90. The summed E-state index contributed by atoms with van der Waals surface area (Å²) < 4.78 is 7.36. The molecule has 0 radical (unpaired) electrons. The summed E-state index contributed by atoms with van der Waals surface area (Å²) in [6, 6.07) is 12.0. The molecule has 0 saturated carbocycles. The van der Waals surface area contributed by atoms with Crippen LogP contribution < -0.4 is 10.1 Å². The van der Waals surface area contributed by atoms with Crippen LogP contribution in [0.2, 0.25) is 0 Å². The molecule has 0 heterocycles. The van der Waals surface area contributed by atoms with Crippen LogP contribution in [0.1, 0.15) is 25.0 Å². The number of anilines is 1. The highest BCUT2D eigenvalue weighted by Gasteiger charge is 2.11. The summed E-state index contributed by atoms with van der Waals surface area (Å²) in [7, 11) is 0. The normalized spacial score (nSPS) is 10.7. The number of carbonyl (C=O) groups is 1. The average Bonchev–Trinajstić information content (AvgIpc) is 2.45. The van der Waals surface area contributed by atoms with Gasteiger partial charge in [0.1, 0.15) is 12.4 Å². The van der Waals surface area contributed by atoms with Gasteiger partial charge in [-0.2, -0.15) is 0 Å². The lowest BCUT2D eigenvalue weighted by molar-refractivity contribution is -0.136. The topological polar surface area (TPSA) is 58.6 Å². The lowest BCUT2D eigenvalue weighted by Crippen LogP contribution is -2.09. The monoisotopic (exact) mass is 455 g/mol. The van der Waals surface area contributed by atoms with Crippen LogP contribution in [-0.4, -0.2) is 17.1 Å². The van der Waals surface area contributed by atoms with E-state index in [1.165, 1.54) is 0 Å². The van der Waals surface area contributed by atoms with E-state index in [4.69, 9.17) is 9.84 Å². The number of carboxylic acids is 1. The van der Waals surface area contributed by atoms with Crippen LogP contribution >= 0.6 is 31.9 Å². The van der Waals surface area contributed by atoms with Crippen LogP contribution in [0.15, 0.2) is 45.3 Å². The second-order valence-electron chi connectivity index (χ2n) is 5.75. The molecule has 0 saturated heterocycles. The first-order chi connectivity index (χ1) is 11.3. The highest BCUT2D eigenvalue weighted by atomic mass is 79.9. The Kier molecular flexibility index (Phi) is 6.69. The van der Waals surface area contributed by atoms with Gasteiger partial charge in [0.15, 0.2) is 0 Å². The van der Waals surface area contributed by atoms with Gasteiger partial charge in [-0.1, -0.05) is 12.1 Å². The molecule has 4 nitrogen and oxygen atoms in total. The first-order valence-corrected chi connectivity index (χ1v) is 9.11. The van der Waals surface area contributed by atoms with E-state index in [1.807, 2.05) is 18.2 Å². The molecule has 6 heteroatoms. The van der Waals surface area contributed by atoms with Crippen molar-refractivity contribution in [1.29, 1.82) is 0 Å². The molecule has 128 valence electrons. The van der Waals surface area contributed by atoms with Crippen molar-refractivity contribution in [2.75, 3.05) is 5.32 Å². The Morgan fingerprint density at radius 1 is 1.17 bits per heavy atom. The van der Waals surface area contributed by atoms with Crippen molar-refractivity contribution in [3.05, 3.63) is 56.5 Å². The summed E-state index contributed by atoms with van der Waals surface area (Å²) in [4.78, 5) is 10.8. The summed E-state index contributed by atoms with van der Waals surface area (Å²) in [5, 5.41) is 12.3. The van der Waals surface area contributed by atoms with E-state index >= 15 is 0 Å². The van der Waals surface area contributed by atoms with Crippen LogP contribution in [-0.2, 0) is 17.8 Å². The molecular weight excluding hydrogens is 438 g/mol. The van der Waals surface area contributed by atoms with Crippen LogP contribution in [0.3, 0.4) is 0 Å². The van der Waals surface area contributed by atoms with E-state index in [1.54, 1.807) is 12.1 Å². The van der Waals surface area contributed by atoms with Gasteiger partial charge in [0.05, 0.1) is 15.4 Å². The molecule has 24 heavy (non-hydrogen) atoms. The number of nitrogens with one attached hydrogen (secondary N) is 1. The van der Waals surface area contributed by atoms with Crippen molar-refractivity contribution in [3.8, 4) is 5.75 Å². The van der Waals surface area contributed by atoms with E-state index in [0.717, 1.165) is 20.2 Å². The standard InChI is InChI=1S/C18H19Br2NO3/c1-11(2)21-14-5-3-4-12(6-14)10-24-18-15(19)7-13(8-16(18)20)9-17(22)23/h3-8,11,21H,9-10H2,1-2H3,(H,22,23). The van der Waals surface area contributed by atoms with Crippen LogP contribution in [0.5, 0.6) is 5.75 Å². The molecule has 0 spiro atoms. The van der Waals surface area contributed by atoms with E-state index in [9.17, 15) is 4.79 Å². The number of ether oxygens (including phenoxy) is 1. The molecule has 0 aliphatic rings. The maximum absolute atomic E-state index is 10.8. The van der Waals surface area contributed by atoms with E-state index in [2.05, 4.69) is 57.1 Å². The molecule has 0 amide bonds. The quantitative estimate of drug-likeness (QED) is 0.598. The third kappa shape index (κ3) is 5.53. The minimum atomic E-state index is -0.864.